The molecule has 1 aromatic rings. The Bertz CT molecular complexity index is 354. The average molecular weight is 298 g/mol. The van der Waals surface area contributed by atoms with Crippen LogP contribution in [0.3, 0.4) is 0 Å². The van der Waals surface area contributed by atoms with Gasteiger partial charge in [-0.1, -0.05) is 18.2 Å². The molecule has 0 aliphatic heterocycles. The molecule has 1 aromatic carbocycles. The highest BCUT2D eigenvalue weighted by atomic mass is 28.4. The molecule has 1 rings (SSSR count). The van der Waals surface area contributed by atoms with Crippen molar-refractivity contribution in [1.82, 2.24) is 5.32 Å². The number of rotatable bonds is 8. The van der Waals surface area contributed by atoms with Crippen LogP contribution in [0.4, 0.5) is 0 Å². The Morgan fingerprint density at radius 1 is 1.21 bits per heavy atom. The second-order valence-electron chi connectivity index (χ2n) is 5.83. The van der Waals surface area contributed by atoms with Crippen molar-refractivity contribution in [3.8, 4) is 5.75 Å². The predicted octanol–water partition coefficient (Wildman–Crippen LogP) is 3.21. The van der Waals surface area contributed by atoms with Crippen molar-refractivity contribution in [3.63, 3.8) is 0 Å². The summed E-state index contributed by atoms with van der Waals surface area (Å²) >= 11 is 0. The normalized spacial score (nSPS) is 15.0. The highest BCUT2D eigenvalue weighted by Crippen LogP contribution is 2.14. The van der Waals surface area contributed by atoms with Crippen LogP contribution in [0, 0.1) is 0 Å². The first-order chi connectivity index (χ1) is 8.90. The highest BCUT2D eigenvalue weighted by molar-refractivity contribution is 6.77. The minimum atomic E-state index is -1.38. The van der Waals surface area contributed by atoms with E-state index >= 15 is 0 Å². The Morgan fingerprint density at radius 3 is 2.37 bits per heavy atom. The van der Waals surface area contributed by atoms with Crippen molar-refractivity contribution in [2.24, 2.45) is 0 Å². The van der Waals surface area contributed by atoms with Crippen LogP contribution in [0.1, 0.15) is 6.42 Å². The lowest BCUT2D eigenvalue weighted by Crippen LogP contribution is -2.36. The molecular formula is C14H27NO2Si2. The van der Waals surface area contributed by atoms with E-state index in [0.29, 0.717) is 0 Å². The summed E-state index contributed by atoms with van der Waals surface area (Å²) in [6.07, 6.45) is 1.08. The van der Waals surface area contributed by atoms with E-state index in [1.807, 2.05) is 37.4 Å². The molecule has 0 aromatic heterocycles. The van der Waals surface area contributed by atoms with Crippen LogP contribution in [0.5, 0.6) is 5.75 Å². The van der Waals surface area contributed by atoms with Crippen LogP contribution in [0.25, 0.3) is 0 Å². The number of ether oxygens (including phenoxy) is 1. The first kappa shape index (κ1) is 16.4. The van der Waals surface area contributed by atoms with Gasteiger partial charge in [0.25, 0.3) is 0 Å². The molecule has 0 aliphatic rings. The summed E-state index contributed by atoms with van der Waals surface area (Å²) in [5.74, 6) is 0.919. The third-order valence-corrected chi connectivity index (χ3v) is 8.32. The molecule has 5 heteroatoms. The van der Waals surface area contributed by atoms with Crippen LogP contribution in [-0.4, -0.2) is 30.6 Å². The molecule has 0 saturated heterocycles. The fourth-order valence-corrected chi connectivity index (χ4v) is 8.05. The van der Waals surface area contributed by atoms with Gasteiger partial charge in [-0.05, 0) is 57.8 Å². The Morgan fingerprint density at radius 2 is 1.84 bits per heavy atom. The third-order valence-electron chi connectivity index (χ3n) is 2.73. The number of hydrogen-bond donors (Lipinski definition) is 1. The summed E-state index contributed by atoms with van der Waals surface area (Å²) in [7, 11) is -0.496. The summed E-state index contributed by atoms with van der Waals surface area (Å²) in [6, 6.07) is 11.1. The van der Waals surface area contributed by atoms with Gasteiger partial charge >= 0.3 is 0 Å². The minimum absolute atomic E-state index is 0.0718. The van der Waals surface area contributed by atoms with E-state index in [4.69, 9.17) is 8.85 Å². The van der Waals surface area contributed by atoms with Crippen LogP contribution < -0.4 is 10.1 Å². The average Bonchev–Trinajstić information content (AvgIpc) is 2.33. The van der Waals surface area contributed by atoms with Gasteiger partial charge in [-0.3, -0.25) is 5.32 Å². The Kier molecular flexibility index (Phi) is 6.78. The molecule has 0 aliphatic carbocycles. The Hall–Kier alpha value is -0.626. The molecule has 0 heterocycles. The van der Waals surface area contributed by atoms with E-state index in [1.54, 1.807) is 0 Å². The van der Waals surface area contributed by atoms with E-state index in [2.05, 4.69) is 31.5 Å². The molecule has 0 saturated carbocycles. The van der Waals surface area contributed by atoms with Crippen LogP contribution in [0.2, 0.25) is 32.2 Å². The van der Waals surface area contributed by atoms with E-state index in [-0.39, 0.29) is 6.23 Å². The van der Waals surface area contributed by atoms with Crippen molar-refractivity contribution in [1.29, 1.82) is 0 Å². The standard InChI is InChI=1S/C14H27NO2Si2/c1-15-14(16-13-9-7-6-8-10-13)11-12-18(2)17-19(3,4)5/h6-10,14-15,18H,11-12H2,1-5H3. The van der Waals surface area contributed by atoms with Crippen molar-refractivity contribution in [3.05, 3.63) is 30.3 Å². The molecule has 108 valence electrons. The first-order valence-corrected chi connectivity index (χ1v) is 12.8. The molecule has 0 spiro atoms. The SMILES string of the molecule is CNC(CC[SiH](C)O[Si](C)(C)C)Oc1ccccc1. The van der Waals surface area contributed by atoms with E-state index < -0.39 is 17.4 Å². The summed E-state index contributed by atoms with van der Waals surface area (Å²) < 4.78 is 12.1. The first-order valence-electron chi connectivity index (χ1n) is 6.97. The quantitative estimate of drug-likeness (QED) is 0.590. The zero-order chi connectivity index (χ0) is 14.3. The van der Waals surface area contributed by atoms with Gasteiger partial charge in [-0.2, -0.15) is 0 Å². The summed E-state index contributed by atoms with van der Waals surface area (Å²) in [5, 5.41) is 3.22. The maximum Gasteiger partial charge on any atom is 0.170 e. The molecule has 0 bridgehead atoms. The maximum atomic E-state index is 6.18. The summed E-state index contributed by atoms with van der Waals surface area (Å²) in [4.78, 5) is 0. The van der Waals surface area contributed by atoms with Gasteiger partial charge in [-0.25, -0.2) is 0 Å². The van der Waals surface area contributed by atoms with Gasteiger partial charge < -0.3 is 8.85 Å². The highest BCUT2D eigenvalue weighted by Gasteiger charge is 2.20. The van der Waals surface area contributed by atoms with Gasteiger partial charge in [0.05, 0.1) is 0 Å². The lowest BCUT2D eigenvalue weighted by atomic mass is 10.3. The van der Waals surface area contributed by atoms with Gasteiger partial charge in [0, 0.05) is 0 Å². The van der Waals surface area contributed by atoms with Gasteiger partial charge in [0.1, 0.15) is 12.0 Å². The van der Waals surface area contributed by atoms with Gasteiger partial charge in [0.2, 0.25) is 0 Å². The zero-order valence-corrected chi connectivity index (χ0v) is 14.9. The number of benzene rings is 1. The molecule has 0 radical (unpaired) electrons. The summed E-state index contributed by atoms with van der Waals surface area (Å²) in [6.45, 7) is 9.05. The summed E-state index contributed by atoms with van der Waals surface area (Å²) in [5.41, 5.74) is 0. The zero-order valence-electron chi connectivity index (χ0n) is 12.8. The van der Waals surface area contributed by atoms with Gasteiger partial charge in [-0.15, -0.1) is 0 Å². The maximum absolute atomic E-state index is 6.18. The lowest BCUT2D eigenvalue weighted by molar-refractivity contribution is 0.168. The van der Waals surface area contributed by atoms with Crippen molar-refractivity contribution in [2.45, 2.75) is 44.9 Å². The molecule has 1 N–H and O–H groups in total. The van der Waals surface area contributed by atoms with Crippen LogP contribution in [-0.2, 0) is 4.12 Å². The molecule has 3 nitrogen and oxygen atoms in total. The topological polar surface area (TPSA) is 30.5 Å². The van der Waals surface area contributed by atoms with Crippen LogP contribution in [0.15, 0.2) is 30.3 Å². The smallest absolute Gasteiger partial charge is 0.170 e. The number of para-hydroxylation sites is 1. The molecule has 19 heavy (non-hydrogen) atoms. The minimum Gasteiger partial charge on any atom is -0.475 e. The van der Waals surface area contributed by atoms with Gasteiger partial charge in [0.15, 0.2) is 17.4 Å². The van der Waals surface area contributed by atoms with E-state index in [0.717, 1.165) is 18.2 Å². The van der Waals surface area contributed by atoms with E-state index in [1.165, 1.54) is 0 Å². The Labute approximate surface area is 120 Å². The fraction of sp³-hybridized carbons (Fsp3) is 0.571. The monoisotopic (exact) mass is 297 g/mol. The van der Waals surface area contributed by atoms with Crippen molar-refractivity contribution < 1.29 is 8.85 Å². The third kappa shape index (κ3) is 7.52. The number of nitrogens with one attached hydrogen (secondary N) is 1. The van der Waals surface area contributed by atoms with Crippen molar-refractivity contribution in [2.75, 3.05) is 7.05 Å². The molecular weight excluding hydrogens is 270 g/mol. The largest absolute Gasteiger partial charge is 0.475 e. The second kappa shape index (κ2) is 7.84. The predicted molar refractivity (Wildman–Crippen MR) is 86.8 cm³/mol. The molecule has 2 unspecified atom stereocenters. The Balaban J connectivity index is 2.37. The fourth-order valence-electron chi connectivity index (χ4n) is 1.97. The second-order valence-corrected chi connectivity index (χ2v) is 13.2. The van der Waals surface area contributed by atoms with Crippen molar-refractivity contribution >= 4 is 17.4 Å². The molecule has 2 atom stereocenters. The molecule has 0 amide bonds. The number of hydrogen-bond acceptors (Lipinski definition) is 3. The lowest BCUT2D eigenvalue weighted by Gasteiger charge is -2.25. The molecule has 0 fully saturated rings. The van der Waals surface area contributed by atoms with Crippen LogP contribution >= 0.6 is 0 Å². The van der Waals surface area contributed by atoms with E-state index in [9.17, 15) is 0 Å².